The van der Waals surface area contributed by atoms with Gasteiger partial charge in [-0.05, 0) is 48.5 Å². The molecule has 0 atom stereocenters. The van der Waals surface area contributed by atoms with E-state index in [1.165, 1.54) is 36.4 Å². The van der Waals surface area contributed by atoms with Crippen LogP contribution in [0.1, 0.15) is 0 Å². The third-order valence-electron chi connectivity index (χ3n) is 2.97. The number of nitrogens with one attached hydrogen (secondary N) is 2. The van der Waals surface area contributed by atoms with Gasteiger partial charge in [0.25, 0.3) is 0 Å². The normalized spacial score (nSPS) is 11.3. The number of benzene rings is 2. The molecule has 3 rings (SSSR count). The molecule has 0 aliphatic rings. The molecular formula is C15H11F3N4O2. The summed E-state index contributed by atoms with van der Waals surface area (Å²) in [4.78, 5) is 4.22. The number of nitrogens with zero attached hydrogens (tertiary/aromatic N) is 2. The Labute approximate surface area is 133 Å². The molecule has 0 radical (unpaired) electrons. The van der Waals surface area contributed by atoms with Gasteiger partial charge in [0.05, 0.1) is 0 Å². The zero-order valence-electron chi connectivity index (χ0n) is 12.0. The maximum atomic E-state index is 12.1. The van der Waals surface area contributed by atoms with Crippen LogP contribution in [0.15, 0.2) is 48.5 Å². The Balaban J connectivity index is 1.69. The molecule has 0 aliphatic carbocycles. The predicted octanol–water partition coefficient (Wildman–Crippen LogP) is 3.82. The zero-order valence-corrected chi connectivity index (χ0v) is 12.0. The van der Waals surface area contributed by atoms with Crippen molar-refractivity contribution in [2.24, 2.45) is 0 Å². The molecule has 0 amide bonds. The number of anilines is 2. The number of aromatic nitrogens is 3. The van der Waals surface area contributed by atoms with E-state index < -0.39 is 6.36 Å². The Morgan fingerprint density at radius 2 is 1.67 bits per heavy atom. The van der Waals surface area contributed by atoms with Crippen molar-refractivity contribution in [3.63, 3.8) is 0 Å². The third-order valence-corrected chi connectivity index (χ3v) is 2.97. The van der Waals surface area contributed by atoms with Crippen LogP contribution < -0.4 is 10.1 Å². The molecule has 1 heterocycles. The number of hydrogen-bond donors (Lipinski definition) is 3. The van der Waals surface area contributed by atoms with Crippen molar-refractivity contribution in [2.75, 3.05) is 5.32 Å². The summed E-state index contributed by atoms with van der Waals surface area (Å²) in [5.74, 6) is 0.558. The van der Waals surface area contributed by atoms with Crippen molar-refractivity contribution in [1.82, 2.24) is 15.2 Å². The Hall–Kier alpha value is -3.23. The van der Waals surface area contributed by atoms with Crippen molar-refractivity contribution in [1.29, 1.82) is 0 Å². The number of halogens is 3. The van der Waals surface area contributed by atoms with Crippen LogP contribution in [-0.2, 0) is 0 Å². The highest BCUT2D eigenvalue weighted by Crippen LogP contribution is 2.25. The minimum Gasteiger partial charge on any atom is -0.508 e. The first-order valence-electron chi connectivity index (χ1n) is 6.74. The molecule has 0 saturated heterocycles. The molecule has 0 saturated carbocycles. The fourth-order valence-corrected chi connectivity index (χ4v) is 1.94. The highest BCUT2D eigenvalue weighted by atomic mass is 19.4. The molecule has 0 fully saturated rings. The van der Waals surface area contributed by atoms with Crippen LogP contribution in [0.4, 0.5) is 24.8 Å². The summed E-state index contributed by atoms with van der Waals surface area (Å²) in [6.07, 6.45) is -4.72. The number of alkyl halides is 3. The van der Waals surface area contributed by atoms with E-state index in [1.54, 1.807) is 12.1 Å². The average Bonchev–Trinajstić information content (AvgIpc) is 2.97. The molecule has 9 heteroatoms. The van der Waals surface area contributed by atoms with E-state index in [2.05, 4.69) is 25.2 Å². The maximum absolute atomic E-state index is 12.1. The van der Waals surface area contributed by atoms with Crippen LogP contribution in [0.3, 0.4) is 0 Å². The van der Waals surface area contributed by atoms with E-state index in [0.29, 0.717) is 11.5 Å². The molecule has 6 nitrogen and oxygen atoms in total. The number of phenolic OH excluding ortho intramolecular Hbond substituents is 1. The van der Waals surface area contributed by atoms with Crippen LogP contribution in [0.25, 0.3) is 11.4 Å². The third kappa shape index (κ3) is 3.94. The first-order chi connectivity index (χ1) is 11.4. The van der Waals surface area contributed by atoms with Crippen LogP contribution in [0.5, 0.6) is 11.5 Å². The summed E-state index contributed by atoms with van der Waals surface area (Å²) in [7, 11) is 0. The first-order valence-corrected chi connectivity index (χ1v) is 6.74. The van der Waals surface area contributed by atoms with Crippen molar-refractivity contribution in [3.05, 3.63) is 48.5 Å². The van der Waals surface area contributed by atoms with E-state index in [1.807, 2.05) is 0 Å². The highest BCUT2D eigenvalue weighted by molar-refractivity contribution is 5.60. The zero-order chi connectivity index (χ0) is 17.2. The van der Waals surface area contributed by atoms with Crippen molar-refractivity contribution in [3.8, 4) is 22.9 Å². The molecule has 0 spiro atoms. The van der Waals surface area contributed by atoms with Gasteiger partial charge in [-0.3, -0.25) is 5.10 Å². The maximum Gasteiger partial charge on any atom is 0.573 e. The summed E-state index contributed by atoms with van der Waals surface area (Å²) in [5, 5.41) is 18.8. The summed E-state index contributed by atoms with van der Waals surface area (Å²) in [6.45, 7) is 0. The SMILES string of the molecule is Oc1ccc(-c2nc(Nc3ccc(OC(F)(F)F)cc3)n[nH]2)cc1. The van der Waals surface area contributed by atoms with Gasteiger partial charge in [-0.2, -0.15) is 4.98 Å². The van der Waals surface area contributed by atoms with E-state index in [-0.39, 0.29) is 17.4 Å². The van der Waals surface area contributed by atoms with Crippen LogP contribution in [-0.4, -0.2) is 26.7 Å². The monoisotopic (exact) mass is 336 g/mol. The number of aromatic hydroxyl groups is 1. The Morgan fingerprint density at radius 3 is 2.29 bits per heavy atom. The van der Waals surface area contributed by atoms with Gasteiger partial charge in [0.2, 0.25) is 5.95 Å². The molecule has 0 bridgehead atoms. The van der Waals surface area contributed by atoms with Crippen molar-refractivity contribution in [2.45, 2.75) is 6.36 Å². The van der Waals surface area contributed by atoms with Gasteiger partial charge in [-0.1, -0.05) is 0 Å². The molecule has 0 unspecified atom stereocenters. The smallest absolute Gasteiger partial charge is 0.508 e. The van der Waals surface area contributed by atoms with E-state index in [9.17, 15) is 18.3 Å². The van der Waals surface area contributed by atoms with Gasteiger partial charge in [0.1, 0.15) is 11.5 Å². The minimum absolute atomic E-state index is 0.137. The molecule has 24 heavy (non-hydrogen) atoms. The van der Waals surface area contributed by atoms with Gasteiger partial charge in [-0.25, -0.2) is 0 Å². The predicted molar refractivity (Wildman–Crippen MR) is 79.9 cm³/mol. The largest absolute Gasteiger partial charge is 0.573 e. The second-order valence-electron chi connectivity index (χ2n) is 4.75. The summed E-state index contributed by atoms with van der Waals surface area (Å²) < 4.78 is 40.1. The molecule has 0 aliphatic heterocycles. The number of hydrogen-bond acceptors (Lipinski definition) is 5. The fraction of sp³-hybridized carbons (Fsp3) is 0.0667. The molecule has 124 valence electrons. The van der Waals surface area contributed by atoms with E-state index >= 15 is 0 Å². The van der Waals surface area contributed by atoms with Gasteiger partial charge >= 0.3 is 6.36 Å². The molecular weight excluding hydrogens is 325 g/mol. The van der Waals surface area contributed by atoms with Crippen LogP contribution >= 0.6 is 0 Å². The topological polar surface area (TPSA) is 83.1 Å². The lowest BCUT2D eigenvalue weighted by molar-refractivity contribution is -0.274. The van der Waals surface area contributed by atoms with Crippen LogP contribution in [0.2, 0.25) is 0 Å². The number of rotatable bonds is 4. The van der Waals surface area contributed by atoms with Gasteiger partial charge in [0.15, 0.2) is 5.82 Å². The second kappa shape index (κ2) is 6.11. The quantitative estimate of drug-likeness (QED) is 0.675. The summed E-state index contributed by atoms with van der Waals surface area (Å²) in [6, 6.07) is 11.6. The first kappa shape index (κ1) is 15.7. The Morgan fingerprint density at radius 1 is 1.00 bits per heavy atom. The lowest BCUT2D eigenvalue weighted by Gasteiger charge is -2.09. The number of phenols is 1. The Bertz CT molecular complexity index is 814. The number of ether oxygens (including phenoxy) is 1. The van der Waals surface area contributed by atoms with E-state index in [0.717, 1.165) is 5.56 Å². The lowest BCUT2D eigenvalue weighted by Crippen LogP contribution is -2.16. The fourth-order valence-electron chi connectivity index (χ4n) is 1.94. The lowest BCUT2D eigenvalue weighted by atomic mass is 10.2. The van der Waals surface area contributed by atoms with E-state index in [4.69, 9.17) is 0 Å². The number of aromatic amines is 1. The number of H-pyrrole nitrogens is 1. The Kier molecular flexibility index (Phi) is 3.98. The molecule has 3 aromatic rings. The minimum atomic E-state index is -4.72. The van der Waals surface area contributed by atoms with Crippen LogP contribution in [0, 0.1) is 0 Å². The van der Waals surface area contributed by atoms with Crippen molar-refractivity contribution < 1.29 is 23.0 Å². The highest BCUT2D eigenvalue weighted by Gasteiger charge is 2.30. The van der Waals surface area contributed by atoms with Gasteiger partial charge < -0.3 is 15.2 Å². The van der Waals surface area contributed by atoms with Crippen molar-refractivity contribution >= 4 is 11.6 Å². The molecule has 1 aromatic heterocycles. The standard InChI is InChI=1S/C15H11F3N4O2/c16-15(17,18)24-12-7-3-10(4-8-12)19-14-20-13(21-22-14)9-1-5-11(23)6-2-9/h1-8,23H,(H2,19,20,21,22). The molecule has 3 N–H and O–H groups in total. The summed E-state index contributed by atoms with van der Waals surface area (Å²) in [5.41, 5.74) is 1.23. The van der Waals surface area contributed by atoms with Gasteiger partial charge in [-0.15, -0.1) is 18.3 Å². The van der Waals surface area contributed by atoms with Gasteiger partial charge in [0, 0.05) is 11.3 Å². The summed E-state index contributed by atoms with van der Waals surface area (Å²) >= 11 is 0. The molecule has 2 aromatic carbocycles. The second-order valence-corrected chi connectivity index (χ2v) is 4.75. The average molecular weight is 336 g/mol.